The zero-order valence-corrected chi connectivity index (χ0v) is 13.1. The molecule has 1 nitrogen and oxygen atoms in total. The first-order chi connectivity index (χ1) is 6.70. The molecule has 0 aliphatic carbocycles. The molecule has 0 saturated heterocycles. The molecule has 4 heteroatoms. The topological polar surface area (TPSA) is 26.0 Å². The third-order valence-corrected chi connectivity index (χ3v) is 6.34. The van der Waals surface area contributed by atoms with Gasteiger partial charge in [0.25, 0.3) is 0 Å². The molecule has 0 amide bonds. The molecule has 1 aromatic rings. The van der Waals surface area contributed by atoms with Crippen molar-refractivity contribution in [2.24, 2.45) is 5.73 Å². The average molecular weight is 333 g/mol. The van der Waals surface area contributed by atoms with Crippen molar-refractivity contribution in [3.63, 3.8) is 0 Å². The molecule has 1 rings (SSSR count). The molecule has 0 spiro atoms. The van der Waals surface area contributed by atoms with E-state index in [0.717, 1.165) is 0 Å². The zero-order valence-electron chi connectivity index (χ0n) is 8.62. The number of nitrogens with two attached hydrogens (primary N) is 1. The first kappa shape index (κ1) is 12.9. The Bertz CT molecular complexity index is 273. The van der Waals surface area contributed by atoms with E-state index < -0.39 is 0 Å². The zero-order chi connectivity index (χ0) is 10.6. The molecule has 1 aromatic heterocycles. The Hall–Kier alpha value is 0.809. The van der Waals surface area contributed by atoms with Crippen LogP contribution in [0.15, 0.2) is 11.4 Å². The third kappa shape index (κ3) is 3.15. The van der Waals surface area contributed by atoms with E-state index in [9.17, 15) is 0 Å². The van der Waals surface area contributed by atoms with Crippen LogP contribution in [-0.4, -0.2) is 28.3 Å². The van der Waals surface area contributed by atoms with Crippen molar-refractivity contribution in [2.75, 3.05) is 5.75 Å². The normalized spacial score (nSPS) is 15.5. The molecule has 0 radical (unpaired) electrons. The Kier molecular flexibility index (Phi) is 5.89. The fourth-order valence-corrected chi connectivity index (χ4v) is 4.97. The van der Waals surface area contributed by atoms with Gasteiger partial charge in [-0.3, -0.25) is 0 Å². The van der Waals surface area contributed by atoms with Crippen molar-refractivity contribution >= 4 is 45.6 Å². The monoisotopic (exact) mass is 334 g/mol. The van der Waals surface area contributed by atoms with Crippen LogP contribution in [0.4, 0.5) is 0 Å². The molecule has 0 bridgehead atoms. The van der Waals surface area contributed by atoms with Crippen LogP contribution in [0.25, 0.3) is 0 Å². The summed E-state index contributed by atoms with van der Waals surface area (Å²) in [6.07, 6.45) is 0. The van der Waals surface area contributed by atoms with Crippen LogP contribution in [0, 0.1) is 0 Å². The molecule has 2 unspecified atom stereocenters. The van der Waals surface area contributed by atoms with Crippen molar-refractivity contribution < 1.29 is 0 Å². The Morgan fingerprint density at radius 2 is 2.36 bits per heavy atom. The van der Waals surface area contributed by atoms with E-state index >= 15 is 0 Å². The van der Waals surface area contributed by atoms with E-state index in [4.69, 9.17) is 5.73 Å². The maximum atomic E-state index is 5.96. The van der Waals surface area contributed by atoms with Gasteiger partial charge in [-0.25, -0.2) is 0 Å². The van der Waals surface area contributed by atoms with Gasteiger partial charge in [-0.1, -0.05) is 0 Å². The van der Waals surface area contributed by atoms with E-state index in [1.807, 2.05) is 11.8 Å². The van der Waals surface area contributed by atoms with Gasteiger partial charge in [0.15, 0.2) is 0 Å². The maximum absolute atomic E-state index is 5.96. The Balaban J connectivity index is 2.86. The Morgan fingerprint density at radius 3 is 2.86 bits per heavy atom. The standard InChI is InChI=1S/C10H16NS2.Sn/c1-4-12-8(3)9-5-6-13-10(9)7(2)11;/h5-8H,3-4,11H2,1-2H3;/q;+3. The van der Waals surface area contributed by atoms with E-state index in [2.05, 4.69) is 25.3 Å². The molecule has 0 aromatic carbocycles. The van der Waals surface area contributed by atoms with Gasteiger partial charge in [-0.2, -0.15) is 0 Å². The summed E-state index contributed by atoms with van der Waals surface area (Å²) < 4.78 is 1.28. The van der Waals surface area contributed by atoms with Crippen LogP contribution in [0.1, 0.15) is 35.6 Å². The molecule has 2 atom stereocenters. The summed E-state index contributed by atoms with van der Waals surface area (Å²) in [6.45, 7) is 4.30. The molecule has 0 aliphatic rings. The number of rotatable bonds is 5. The predicted molar refractivity (Wildman–Crippen MR) is 68.4 cm³/mol. The van der Waals surface area contributed by atoms with E-state index in [0.29, 0.717) is 5.25 Å². The van der Waals surface area contributed by atoms with Gasteiger partial charge in [0.05, 0.1) is 0 Å². The number of thiophene rings is 1. The quantitative estimate of drug-likeness (QED) is 0.838. The second kappa shape index (κ2) is 6.40. The van der Waals surface area contributed by atoms with E-state index in [1.165, 1.54) is 20.6 Å². The van der Waals surface area contributed by atoms with E-state index in [1.54, 1.807) is 33.9 Å². The minimum absolute atomic E-state index is 0.187. The first-order valence-corrected chi connectivity index (χ1v) is 8.74. The Morgan fingerprint density at radius 1 is 1.64 bits per heavy atom. The summed E-state index contributed by atoms with van der Waals surface area (Å²) >= 11 is 5.45. The molecule has 0 fully saturated rings. The molecule has 74 valence electrons. The van der Waals surface area contributed by atoms with Gasteiger partial charge in [0, 0.05) is 0 Å². The van der Waals surface area contributed by atoms with Gasteiger partial charge < -0.3 is 0 Å². The fraction of sp³-hybridized carbons (Fsp3) is 0.600. The van der Waals surface area contributed by atoms with Gasteiger partial charge in [-0.05, 0) is 0 Å². The number of hydrogen-bond acceptors (Lipinski definition) is 3. The SMILES string of the molecule is CCSC([CH2][Sn+3])c1ccsc1C(C)N. The van der Waals surface area contributed by atoms with E-state index in [-0.39, 0.29) is 6.04 Å². The first-order valence-electron chi connectivity index (χ1n) is 4.79. The summed E-state index contributed by atoms with van der Waals surface area (Å²) in [7, 11) is 0. The van der Waals surface area contributed by atoms with Crippen molar-refractivity contribution in [1.29, 1.82) is 0 Å². The number of thioether (sulfide) groups is 1. The van der Waals surface area contributed by atoms with Crippen molar-refractivity contribution in [2.45, 2.75) is 29.6 Å². The molecule has 0 aliphatic heterocycles. The minimum atomic E-state index is 0.187. The van der Waals surface area contributed by atoms with Crippen LogP contribution in [-0.2, 0) is 0 Å². The van der Waals surface area contributed by atoms with Crippen LogP contribution in [0.5, 0.6) is 0 Å². The van der Waals surface area contributed by atoms with Gasteiger partial charge in [0.1, 0.15) is 0 Å². The molecule has 0 saturated carbocycles. The summed E-state index contributed by atoms with van der Waals surface area (Å²) in [5.74, 6) is 1.19. The predicted octanol–water partition coefficient (Wildman–Crippen LogP) is 3.15. The van der Waals surface area contributed by atoms with Crippen LogP contribution in [0.2, 0.25) is 4.44 Å². The molecule has 1 heterocycles. The molecule has 2 N–H and O–H groups in total. The van der Waals surface area contributed by atoms with Crippen LogP contribution in [0.3, 0.4) is 0 Å². The summed E-state index contributed by atoms with van der Waals surface area (Å²) in [5, 5.41) is 2.84. The van der Waals surface area contributed by atoms with Crippen molar-refractivity contribution in [1.82, 2.24) is 0 Å². The summed E-state index contributed by atoms with van der Waals surface area (Å²) in [4.78, 5) is 1.37. The number of hydrogen-bond donors (Lipinski definition) is 1. The Labute approximate surface area is 108 Å². The van der Waals surface area contributed by atoms with Crippen LogP contribution >= 0.6 is 23.1 Å². The molecule has 14 heavy (non-hydrogen) atoms. The fourth-order valence-electron chi connectivity index (χ4n) is 1.43. The average Bonchev–Trinajstić information content (AvgIpc) is 2.62. The van der Waals surface area contributed by atoms with Gasteiger partial charge in [-0.15, -0.1) is 0 Å². The van der Waals surface area contributed by atoms with Gasteiger partial charge >= 0.3 is 109 Å². The molecular formula is C10H16NS2Sn+3. The van der Waals surface area contributed by atoms with Crippen molar-refractivity contribution in [3.05, 3.63) is 21.9 Å². The van der Waals surface area contributed by atoms with Crippen LogP contribution < -0.4 is 5.73 Å². The third-order valence-electron chi connectivity index (χ3n) is 2.04. The summed E-state index contributed by atoms with van der Waals surface area (Å²) in [5.41, 5.74) is 7.44. The van der Waals surface area contributed by atoms with Crippen molar-refractivity contribution in [3.8, 4) is 0 Å². The second-order valence-corrected chi connectivity index (χ2v) is 6.77. The van der Waals surface area contributed by atoms with Gasteiger partial charge in [0.2, 0.25) is 0 Å². The summed E-state index contributed by atoms with van der Waals surface area (Å²) in [6, 6.07) is 2.44. The second-order valence-electron chi connectivity index (χ2n) is 3.18. The molecular weight excluding hydrogens is 317 g/mol.